The maximum atomic E-state index is 5.87. The lowest BCUT2D eigenvalue weighted by molar-refractivity contribution is 0.591. The summed E-state index contributed by atoms with van der Waals surface area (Å²) in [4.78, 5) is 4.06. The summed E-state index contributed by atoms with van der Waals surface area (Å²) >= 11 is 5.87. The molecule has 0 aliphatic heterocycles. The molecule has 0 fully saturated rings. The van der Waals surface area contributed by atoms with Crippen molar-refractivity contribution >= 4 is 22.4 Å². The number of nitrogens with zero attached hydrogens (tertiary/aromatic N) is 1. The molecule has 1 aromatic carbocycles. The topological polar surface area (TPSA) is 12.9 Å². The highest BCUT2D eigenvalue weighted by atomic mass is 35.5. The fourth-order valence-electron chi connectivity index (χ4n) is 1.58. The highest BCUT2D eigenvalue weighted by molar-refractivity contribution is 6.30. The summed E-state index contributed by atoms with van der Waals surface area (Å²) < 4.78 is 0. The number of pyridine rings is 1. The predicted octanol–water partition coefficient (Wildman–Crippen LogP) is 4.19. The molecule has 2 heteroatoms. The van der Waals surface area contributed by atoms with Gasteiger partial charge >= 0.3 is 0 Å². The molecular weight excluding hydrogens is 206 g/mol. The van der Waals surface area contributed by atoms with E-state index in [1.165, 1.54) is 5.56 Å². The van der Waals surface area contributed by atoms with Gasteiger partial charge in [0.1, 0.15) is 5.15 Å². The van der Waals surface area contributed by atoms with Crippen LogP contribution in [0.15, 0.2) is 30.5 Å². The summed E-state index contributed by atoms with van der Waals surface area (Å²) in [6, 6.07) is 8.34. The van der Waals surface area contributed by atoms with Gasteiger partial charge in [-0.15, -0.1) is 0 Å². The largest absolute Gasteiger partial charge is 0.244 e. The first-order valence-corrected chi connectivity index (χ1v) is 5.40. The van der Waals surface area contributed by atoms with Crippen LogP contribution in [-0.2, 0) is 5.41 Å². The number of hydrogen-bond acceptors (Lipinski definition) is 1. The van der Waals surface area contributed by atoms with E-state index in [1.807, 2.05) is 12.3 Å². The molecule has 0 unspecified atom stereocenters. The van der Waals surface area contributed by atoms with Crippen LogP contribution in [0.4, 0.5) is 0 Å². The zero-order valence-corrected chi connectivity index (χ0v) is 9.97. The quantitative estimate of drug-likeness (QED) is 0.606. The van der Waals surface area contributed by atoms with Gasteiger partial charge in [0, 0.05) is 11.6 Å². The normalized spacial score (nSPS) is 12.0. The van der Waals surface area contributed by atoms with E-state index in [0.29, 0.717) is 5.15 Å². The number of benzene rings is 1. The second kappa shape index (κ2) is 3.49. The van der Waals surface area contributed by atoms with Gasteiger partial charge in [0.2, 0.25) is 0 Å². The van der Waals surface area contributed by atoms with Gasteiger partial charge in [0.15, 0.2) is 0 Å². The fraction of sp³-hybridized carbons (Fsp3) is 0.308. The minimum absolute atomic E-state index is 0.171. The summed E-state index contributed by atoms with van der Waals surface area (Å²) in [6.45, 7) is 6.62. The van der Waals surface area contributed by atoms with Crippen molar-refractivity contribution in [1.29, 1.82) is 0 Å². The van der Waals surface area contributed by atoms with Gasteiger partial charge in [-0.1, -0.05) is 50.6 Å². The number of rotatable bonds is 0. The zero-order chi connectivity index (χ0) is 11.1. The lowest BCUT2D eigenvalue weighted by Gasteiger charge is -2.19. The highest BCUT2D eigenvalue weighted by Gasteiger charge is 2.13. The van der Waals surface area contributed by atoms with Gasteiger partial charge in [0.25, 0.3) is 0 Å². The van der Waals surface area contributed by atoms with Crippen molar-refractivity contribution < 1.29 is 0 Å². The molecule has 1 aromatic heterocycles. The average Bonchev–Trinajstić information content (AvgIpc) is 2.15. The van der Waals surface area contributed by atoms with Gasteiger partial charge in [-0.3, -0.25) is 0 Å². The Morgan fingerprint density at radius 1 is 1.07 bits per heavy atom. The van der Waals surface area contributed by atoms with Gasteiger partial charge in [-0.2, -0.15) is 0 Å². The molecule has 0 atom stereocenters. The Kier molecular flexibility index (Phi) is 2.43. The van der Waals surface area contributed by atoms with Crippen LogP contribution in [0, 0.1) is 0 Å². The van der Waals surface area contributed by atoms with Crippen molar-refractivity contribution in [3.63, 3.8) is 0 Å². The van der Waals surface area contributed by atoms with Crippen molar-refractivity contribution in [2.75, 3.05) is 0 Å². The summed E-state index contributed by atoms with van der Waals surface area (Å²) in [6.07, 6.45) is 1.81. The van der Waals surface area contributed by atoms with E-state index in [2.05, 4.69) is 44.0 Å². The summed E-state index contributed by atoms with van der Waals surface area (Å²) in [5, 5.41) is 2.84. The third kappa shape index (κ3) is 2.13. The number of fused-ring (bicyclic) bond motifs is 1. The van der Waals surface area contributed by atoms with Crippen LogP contribution >= 0.6 is 11.6 Å². The Labute approximate surface area is 95.1 Å². The molecule has 0 saturated carbocycles. The third-order valence-corrected chi connectivity index (χ3v) is 2.76. The molecule has 0 N–H and O–H groups in total. The van der Waals surface area contributed by atoms with E-state index in [0.717, 1.165) is 10.8 Å². The van der Waals surface area contributed by atoms with E-state index < -0.39 is 0 Å². The highest BCUT2D eigenvalue weighted by Crippen LogP contribution is 2.26. The molecule has 0 amide bonds. The van der Waals surface area contributed by atoms with Crippen molar-refractivity contribution in [1.82, 2.24) is 4.98 Å². The Bertz CT molecular complexity index is 497. The number of halogens is 1. The molecule has 0 bridgehead atoms. The Hall–Kier alpha value is -1.08. The molecule has 0 aliphatic rings. The monoisotopic (exact) mass is 219 g/mol. The second-order valence-electron chi connectivity index (χ2n) is 4.82. The molecule has 0 aliphatic carbocycles. The van der Waals surface area contributed by atoms with Crippen LogP contribution in [0.5, 0.6) is 0 Å². The Morgan fingerprint density at radius 3 is 2.47 bits per heavy atom. The number of aromatic nitrogens is 1. The van der Waals surface area contributed by atoms with Crippen molar-refractivity contribution in [3.05, 3.63) is 41.2 Å². The van der Waals surface area contributed by atoms with Gasteiger partial charge in [0.05, 0.1) is 0 Å². The smallest absolute Gasteiger partial charge is 0.129 e. The van der Waals surface area contributed by atoms with Crippen LogP contribution in [0.2, 0.25) is 5.15 Å². The van der Waals surface area contributed by atoms with Gasteiger partial charge in [-0.05, 0) is 22.4 Å². The summed E-state index contributed by atoms with van der Waals surface area (Å²) in [5.41, 5.74) is 1.49. The SMILES string of the molecule is CC(C)(C)c1ccc2cnc(Cl)cc2c1. The molecule has 0 saturated heterocycles. The van der Waals surface area contributed by atoms with Crippen LogP contribution in [-0.4, -0.2) is 4.98 Å². The van der Waals surface area contributed by atoms with Gasteiger partial charge < -0.3 is 0 Å². The molecule has 0 spiro atoms. The first kappa shape index (κ1) is 10.4. The minimum Gasteiger partial charge on any atom is -0.244 e. The Morgan fingerprint density at radius 2 is 1.80 bits per heavy atom. The van der Waals surface area contributed by atoms with Crippen LogP contribution in [0.1, 0.15) is 26.3 Å². The van der Waals surface area contributed by atoms with E-state index in [-0.39, 0.29) is 5.41 Å². The van der Waals surface area contributed by atoms with Crippen LogP contribution in [0.25, 0.3) is 10.8 Å². The molecule has 2 rings (SSSR count). The Balaban J connectivity index is 2.64. The average molecular weight is 220 g/mol. The fourth-order valence-corrected chi connectivity index (χ4v) is 1.75. The molecule has 78 valence electrons. The lowest BCUT2D eigenvalue weighted by atomic mass is 9.86. The first-order valence-electron chi connectivity index (χ1n) is 5.02. The molecule has 2 aromatic rings. The third-order valence-electron chi connectivity index (χ3n) is 2.55. The maximum absolute atomic E-state index is 5.87. The molecule has 15 heavy (non-hydrogen) atoms. The predicted molar refractivity (Wildman–Crippen MR) is 65.5 cm³/mol. The lowest BCUT2D eigenvalue weighted by Crippen LogP contribution is -2.10. The van der Waals surface area contributed by atoms with Gasteiger partial charge in [-0.25, -0.2) is 4.98 Å². The summed E-state index contributed by atoms with van der Waals surface area (Å²) in [7, 11) is 0. The van der Waals surface area contributed by atoms with Crippen molar-refractivity contribution in [3.8, 4) is 0 Å². The minimum atomic E-state index is 0.171. The van der Waals surface area contributed by atoms with E-state index in [9.17, 15) is 0 Å². The molecule has 0 radical (unpaired) electrons. The molecular formula is C13H14ClN. The first-order chi connectivity index (χ1) is 6.97. The van der Waals surface area contributed by atoms with E-state index in [4.69, 9.17) is 11.6 Å². The van der Waals surface area contributed by atoms with Crippen molar-refractivity contribution in [2.24, 2.45) is 0 Å². The van der Waals surface area contributed by atoms with Crippen LogP contribution < -0.4 is 0 Å². The van der Waals surface area contributed by atoms with Crippen molar-refractivity contribution in [2.45, 2.75) is 26.2 Å². The maximum Gasteiger partial charge on any atom is 0.129 e. The second-order valence-corrected chi connectivity index (χ2v) is 5.21. The van der Waals surface area contributed by atoms with E-state index >= 15 is 0 Å². The number of hydrogen-bond donors (Lipinski definition) is 0. The molecule has 1 heterocycles. The zero-order valence-electron chi connectivity index (χ0n) is 9.21. The van der Waals surface area contributed by atoms with Crippen LogP contribution in [0.3, 0.4) is 0 Å². The van der Waals surface area contributed by atoms with E-state index in [1.54, 1.807) is 0 Å². The molecule has 1 nitrogen and oxygen atoms in total. The standard InChI is InChI=1S/C13H14ClN/c1-13(2,3)11-5-4-9-8-15-12(14)7-10(9)6-11/h4-8H,1-3H3. The summed E-state index contributed by atoms with van der Waals surface area (Å²) in [5.74, 6) is 0.